The molecule has 166 valence electrons. The molecule has 0 heterocycles. The van der Waals surface area contributed by atoms with Gasteiger partial charge in [0.25, 0.3) is 0 Å². The Kier molecular flexibility index (Phi) is 12.6. The highest BCUT2D eigenvalue weighted by molar-refractivity contribution is 7.80. The van der Waals surface area contributed by atoms with Gasteiger partial charge in [0.1, 0.15) is 18.1 Å². The van der Waals surface area contributed by atoms with Gasteiger partial charge in [-0.25, -0.2) is 4.79 Å². The van der Waals surface area contributed by atoms with E-state index in [1.807, 2.05) is 0 Å². The second-order valence-corrected chi connectivity index (χ2v) is 6.80. The maximum absolute atomic E-state index is 12.4. The van der Waals surface area contributed by atoms with Crippen molar-refractivity contribution < 1.29 is 29.1 Å². The standard InChI is InChI=1S/C16H30N6O6S/c1-8(13(24)22-11(7-29)16(27)28)20-15(26)10(6-12(19)23)21-14(25)9(18)4-2-3-5-17/h8-11,29H,2-7,17-18H2,1H3,(H2,19,23)(H,20,26)(H,21,25)(H,22,24)(H,27,28). The molecule has 0 rings (SSSR count). The van der Waals surface area contributed by atoms with Crippen LogP contribution in [0.1, 0.15) is 32.6 Å². The number of hydrogen-bond acceptors (Lipinski definition) is 8. The van der Waals surface area contributed by atoms with Crippen LogP contribution in [-0.2, 0) is 24.0 Å². The number of carboxylic acids is 1. The number of nitrogens with two attached hydrogens (primary N) is 3. The molecule has 4 unspecified atom stereocenters. The van der Waals surface area contributed by atoms with Crippen molar-refractivity contribution >= 4 is 42.2 Å². The Labute approximate surface area is 174 Å². The van der Waals surface area contributed by atoms with Crippen LogP contribution in [0.4, 0.5) is 0 Å². The van der Waals surface area contributed by atoms with E-state index in [1.54, 1.807) is 0 Å². The largest absolute Gasteiger partial charge is 0.480 e. The number of hydrogen-bond donors (Lipinski definition) is 8. The quantitative estimate of drug-likeness (QED) is 0.102. The molecule has 13 heteroatoms. The van der Waals surface area contributed by atoms with Crippen molar-refractivity contribution in [3.8, 4) is 0 Å². The summed E-state index contributed by atoms with van der Waals surface area (Å²) >= 11 is 3.82. The first kappa shape index (κ1) is 26.6. The third kappa shape index (κ3) is 10.7. The summed E-state index contributed by atoms with van der Waals surface area (Å²) in [5.41, 5.74) is 16.3. The molecule has 0 fully saturated rings. The van der Waals surface area contributed by atoms with E-state index in [0.717, 1.165) is 0 Å². The lowest BCUT2D eigenvalue weighted by Crippen LogP contribution is -2.57. The highest BCUT2D eigenvalue weighted by Crippen LogP contribution is 2.01. The Balaban J connectivity index is 4.93. The Morgan fingerprint density at radius 3 is 2.03 bits per heavy atom. The van der Waals surface area contributed by atoms with Gasteiger partial charge in [0, 0.05) is 5.75 Å². The number of rotatable bonds is 14. The fourth-order valence-corrected chi connectivity index (χ4v) is 2.44. The summed E-state index contributed by atoms with van der Waals surface area (Å²) in [7, 11) is 0. The van der Waals surface area contributed by atoms with E-state index in [0.29, 0.717) is 25.8 Å². The van der Waals surface area contributed by atoms with E-state index in [4.69, 9.17) is 22.3 Å². The molecule has 0 aromatic heterocycles. The van der Waals surface area contributed by atoms with Crippen LogP contribution in [0.3, 0.4) is 0 Å². The molecule has 12 nitrogen and oxygen atoms in total. The molecule has 0 saturated carbocycles. The first-order valence-electron chi connectivity index (χ1n) is 9.02. The van der Waals surface area contributed by atoms with Gasteiger partial charge in [0.05, 0.1) is 12.5 Å². The fourth-order valence-electron chi connectivity index (χ4n) is 2.19. The summed E-state index contributed by atoms with van der Waals surface area (Å²) in [4.78, 5) is 58.8. The van der Waals surface area contributed by atoms with Crippen molar-refractivity contribution in [2.24, 2.45) is 17.2 Å². The third-order valence-corrected chi connectivity index (χ3v) is 4.26. The van der Waals surface area contributed by atoms with Crippen molar-refractivity contribution in [3.05, 3.63) is 0 Å². The van der Waals surface area contributed by atoms with E-state index < -0.39 is 60.2 Å². The van der Waals surface area contributed by atoms with Crippen molar-refractivity contribution in [1.82, 2.24) is 16.0 Å². The fraction of sp³-hybridized carbons (Fsp3) is 0.688. The molecule has 0 aliphatic carbocycles. The van der Waals surface area contributed by atoms with Crippen LogP contribution in [0.25, 0.3) is 0 Å². The smallest absolute Gasteiger partial charge is 0.327 e. The number of nitrogens with one attached hydrogen (secondary N) is 3. The van der Waals surface area contributed by atoms with Crippen LogP contribution in [-0.4, -0.2) is 71.2 Å². The van der Waals surface area contributed by atoms with Gasteiger partial charge < -0.3 is 38.3 Å². The summed E-state index contributed by atoms with van der Waals surface area (Å²) in [6.07, 6.45) is 1.14. The van der Waals surface area contributed by atoms with Crippen LogP contribution in [0, 0.1) is 0 Å². The predicted molar refractivity (Wildman–Crippen MR) is 108 cm³/mol. The van der Waals surface area contributed by atoms with Crippen LogP contribution >= 0.6 is 12.6 Å². The number of amides is 4. The SMILES string of the molecule is CC(NC(=O)C(CC(N)=O)NC(=O)C(N)CCCCN)C(=O)NC(CS)C(=O)O. The summed E-state index contributed by atoms with van der Waals surface area (Å²) in [5, 5.41) is 15.8. The van der Waals surface area contributed by atoms with Crippen LogP contribution < -0.4 is 33.2 Å². The lowest BCUT2D eigenvalue weighted by Gasteiger charge is -2.22. The average Bonchev–Trinajstić information content (AvgIpc) is 2.64. The number of aliphatic carboxylic acids is 1. The van der Waals surface area contributed by atoms with E-state index >= 15 is 0 Å². The molecule has 0 aromatic carbocycles. The topological polar surface area (TPSA) is 220 Å². The molecule has 0 spiro atoms. The number of carboxylic acid groups (broad SMARTS) is 1. The number of carbonyl (C=O) groups excluding carboxylic acids is 4. The van der Waals surface area contributed by atoms with Crippen molar-refractivity contribution in [3.63, 3.8) is 0 Å². The van der Waals surface area contributed by atoms with Gasteiger partial charge in [-0.3, -0.25) is 19.2 Å². The Bertz CT molecular complexity index is 604. The van der Waals surface area contributed by atoms with E-state index in [9.17, 15) is 24.0 Å². The van der Waals surface area contributed by atoms with Crippen LogP contribution in [0.15, 0.2) is 0 Å². The zero-order valence-electron chi connectivity index (χ0n) is 16.2. The highest BCUT2D eigenvalue weighted by Gasteiger charge is 2.28. The zero-order valence-corrected chi connectivity index (χ0v) is 17.1. The molecule has 4 atom stereocenters. The van der Waals surface area contributed by atoms with E-state index in [-0.39, 0.29) is 5.75 Å². The molecule has 0 radical (unpaired) electrons. The van der Waals surface area contributed by atoms with Crippen LogP contribution in [0.2, 0.25) is 0 Å². The molecule has 29 heavy (non-hydrogen) atoms. The summed E-state index contributed by atoms with van der Waals surface area (Å²) in [6.45, 7) is 1.77. The van der Waals surface area contributed by atoms with Gasteiger partial charge in [-0.05, 0) is 26.3 Å². The summed E-state index contributed by atoms with van der Waals surface area (Å²) < 4.78 is 0. The number of unbranched alkanes of at least 4 members (excludes halogenated alkanes) is 1. The summed E-state index contributed by atoms with van der Waals surface area (Å²) in [6, 6.07) is -4.62. The second kappa shape index (κ2) is 13.7. The maximum atomic E-state index is 12.4. The Hall–Kier alpha value is -2.38. The monoisotopic (exact) mass is 434 g/mol. The Morgan fingerprint density at radius 1 is 0.966 bits per heavy atom. The number of carbonyl (C=O) groups is 5. The molecule has 0 aliphatic heterocycles. The molecule has 10 N–H and O–H groups in total. The second-order valence-electron chi connectivity index (χ2n) is 6.43. The molecular formula is C16H30N6O6S. The highest BCUT2D eigenvalue weighted by atomic mass is 32.1. The van der Waals surface area contributed by atoms with Gasteiger partial charge in [0.2, 0.25) is 23.6 Å². The molecule has 4 amide bonds. The van der Waals surface area contributed by atoms with Crippen molar-refractivity contribution in [2.45, 2.75) is 56.8 Å². The normalized spacial score (nSPS) is 14.8. The zero-order chi connectivity index (χ0) is 22.6. The lowest BCUT2D eigenvalue weighted by atomic mass is 10.1. The molecule has 0 aliphatic rings. The minimum absolute atomic E-state index is 0.149. The molecule has 0 saturated heterocycles. The van der Waals surface area contributed by atoms with E-state index in [1.165, 1.54) is 6.92 Å². The van der Waals surface area contributed by atoms with Gasteiger partial charge in [-0.1, -0.05) is 6.42 Å². The minimum atomic E-state index is -1.34. The first-order chi connectivity index (χ1) is 13.5. The number of primary amides is 1. The molecule has 0 bridgehead atoms. The Morgan fingerprint density at radius 2 is 1.55 bits per heavy atom. The average molecular weight is 435 g/mol. The minimum Gasteiger partial charge on any atom is -0.480 e. The summed E-state index contributed by atoms with van der Waals surface area (Å²) in [5.74, 6) is -4.55. The molecule has 0 aromatic rings. The number of thiol groups is 1. The van der Waals surface area contributed by atoms with Crippen LogP contribution in [0.5, 0.6) is 0 Å². The van der Waals surface area contributed by atoms with E-state index in [2.05, 4.69) is 28.6 Å². The van der Waals surface area contributed by atoms with Crippen molar-refractivity contribution in [1.29, 1.82) is 0 Å². The van der Waals surface area contributed by atoms with Gasteiger partial charge in [0.15, 0.2) is 0 Å². The predicted octanol–water partition coefficient (Wildman–Crippen LogP) is -3.19. The van der Waals surface area contributed by atoms with Gasteiger partial charge >= 0.3 is 5.97 Å². The van der Waals surface area contributed by atoms with Gasteiger partial charge in [-0.15, -0.1) is 0 Å². The van der Waals surface area contributed by atoms with Crippen molar-refractivity contribution in [2.75, 3.05) is 12.3 Å². The molecular weight excluding hydrogens is 404 g/mol. The van der Waals surface area contributed by atoms with Gasteiger partial charge in [-0.2, -0.15) is 12.6 Å². The maximum Gasteiger partial charge on any atom is 0.327 e. The lowest BCUT2D eigenvalue weighted by molar-refractivity contribution is -0.141. The third-order valence-electron chi connectivity index (χ3n) is 3.89. The first-order valence-corrected chi connectivity index (χ1v) is 9.65.